The van der Waals surface area contributed by atoms with Gasteiger partial charge in [0.05, 0.1) is 0 Å². The van der Waals surface area contributed by atoms with Gasteiger partial charge in [-0.3, -0.25) is 9.59 Å². The second-order valence-electron chi connectivity index (χ2n) is 6.76. The van der Waals surface area contributed by atoms with Crippen LogP contribution in [-0.4, -0.2) is 32.3 Å². The average molecular weight is 373 g/mol. The van der Waals surface area contributed by atoms with E-state index < -0.39 is 34.4 Å². The normalized spacial score (nSPS) is 15.9. The van der Waals surface area contributed by atoms with Gasteiger partial charge in [-0.25, -0.2) is 13.9 Å². The number of hydrogen-bond donors (Lipinski definition) is 2. The molecule has 1 heterocycles. The van der Waals surface area contributed by atoms with Gasteiger partial charge in [-0.15, -0.1) is 0 Å². The van der Waals surface area contributed by atoms with Crippen LogP contribution in [0, 0.1) is 12.7 Å². The van der Waals surface area contributed by atoms with Crippen LogP contribution in [0.1, 0.15) is 48.3 Å². The molecular formula is C19H20FN3O4. The van der Waals surface area contributed by atoms with E-state index in [4.69, 9.17) is 0 Å². The lowest BCUT2D eigenvalue weighted by molar-refractivity contribution is -0.145. The standard InChI is InChI=1S/C19H20FN3O4/c1-12-11-15(24)16(22-23(12)14-8-4-3-7-13(14)20)17(25)21-19(18(26)27)9-5-2-6-10-19/h3-4,7-8,11H,2,5-6,9-10H2,1H3,(H,21,25)(H,26,27). The molecule has 3 rings (SSSR count). The van der Waals surface area contributed by atoms with Crippen molar-refractivity contribution in [2.45, 2.75) is 44.6 Å². The van der Waals surface area contributed by atoms with Gasteiger partial charge in [-0.1, -0.05) is 31.4 Å². The number of benzene rings is 1. The summed E-state index contributed by atoms with van der Waals surface area (Å²) in [5, 5.41) is 16.1. The Balaban J connectivity index is 2.00. The number of halogens is 1. The van der Waals surface area contributed by atoms with E-state index in [1.165, 1.54) is 28.9 Å². The van der Waals surface area contributed by atoms with Crippen LogP contribution in [0.2, 0.25) is 0 Å². The summed E-state index contributed by atoms with van der Waals surface area (Å²) < 4.78 is 15.3. The number of amides is 1. The average Bonchev–Trinajstić information content (AvgIpc) is 2.63. The van der Waals surface area contributed by atoms with Gasteiger partial charge in [0.15, 0.2) is 5.69 Å². The zero-order valence-corrected chi connectivity index (χ0v) is 14.9. The summed E-state index contributed by atoms with van der Waals surface area (Å²) in [5.41, 5.74) is -2.07. The third kappa shape index (κ3) is 3.60. The van der Waals surface area contributed by atoms with E-state index >= 15 is 0 Å². The van der Waals surface area contributed by atoms with Gasteiger partial charge in [-0.2, -0.15) is 5.10 Å². The largest absolute Gasteiger partial charge is 0.480 e. The number of hydrogen-bond acceptors (Lipinski definition) is 4. The number of aryl methyl sites for hydroxylation is 1. The maximum absolute atomic E-state index is 14.1. The first-order chi connectivity index (χ1) is 12.8. The molecule has 0 saturated heterocycles. The molecule has 2 N–H and O–H groups in total. The number of carbonyl (C=O) groups is 2. The highest BCUT2D eigenvalue weighted by atomic mass is 19.1. The van der Waals surface area contributed by atoms with Crippen LogP contribution in [0.3, 0.4) is 0 Å². The number of aliphatic carboxylic acids is 1. The maximum atomic E-state index is 14.1. The van der Waals surface area contributed by atoms with Gasteiger partial charge in [0.25, 0.3) is 5.91 Å². The van der Waals surface area contributed by atoms with E-state index in [9.17, 15) is 23.9 Å². The number of para-hydroxylation sites is 1. The molecule has 8 heteroatoms. The van der Waals surface area contributed by atoms with Crippen LogP contribution in [0.15, 0.2) is 35.1 Å². The van der Waals surface area contributed by atoms with Crippen LogP contribution >= 0.6 is 0 Å². The van der Waals surface area contributed by atoms with Crippen molar-refractivity contribution in [1.82, 2.24) is 15.1 Å². The van der Waals surface area contributed by atoms with Crippen LogP contribution < -0.4 is 10.7 Å². The van der Waals surface area contributed by atoms with Gasteiger partial charge in [-0.05, 0) is 31.9 Å². The molecule has 1 aromatic heterocycles. The van der Waals surface area contributed by atoms with Crippen molar-refractivity contribution in [3.8, 4) is 5.69 Å². The lowest BCUT2D eigenvalue weighted by Crippen LogP contribution is -2.56. The SMILES string of the molecule is Cc1cc(=O)c(C(=O)NC2(C(=O)O)CCCCC2)nn1-c1ccccc1F. The lowest BCUT2D eigenvalue weighted by atomic mass is 9.81. The first-order valence-electron chi connectivity index (χ1n) is 8.76. The molecular weight excluding hydrogens is 353 g/mol. The van der Waals surface area contributed by atoms with E-state index in [0.29, 0.717) is 31.4 Å². The Morgan fingerprint density at radius 1 is 1.22 bits per heavy atom. The topological polar surface area (TPSA) is 101 Å². The van der Waals surface area contributed by atoms with Crippen LogP contribution in [0.5, 0.6) is 0 Å². The van der Waals surface area contributed by atoms with Crippen molar-refractivity contribution in [2.75, 3.05) is 0 Å². The summed E-state index contributed by atoms with van der Waals surface area (Å²) in [5.74, 6) is -2.55. The predicted molar refractivity (Wildman–Crippen MR) is 95.4 cm³/mol. The fraction of sp³-hybridized carbons (Fsp3) is 0.368. The van der Waals surface area contributed by atoms with Crippen molar-refractivity contribution >= 4 is 11.9 Å². The fourth-order valence-electron chi connectivity index (χ4n) is 3.40. The zero-order chi connectivity index (χ0) is 19.6. The zero-order valence-electron chi connectivity index (χ0n) is 14.9. The number of aromatic nitrogens is 2. The highest BCUT2D eigenvalue weighted by molar-refractivity contribution is 5.96. The first-order valence-corrected chi connectivity index (χ1v) is 8.76. The smallest absolute Gasteiger partial charge is 0.329 e. The third-order valence-electron chi connectivity index (χ3n) is 4.87. The highest BCUT2D eigenvalue weighted by Crippen LogP contribution is 2.28. The van der Waals surface area contributed by atoms with E-state index in [-0.39, 0.29) is 5.69 Å². The summed E-state index contributed by atoms with van der Waals surface area (Å²) in [6, 6.07) is 7.03. The third-order valence-corrected chi connectivity index (χ3v) is 4.87. The first kappa shape index (κ1) is 18.8. The number of rotatable bonds is 4. The molecule has 0 unspecified atom stereocenters. The Hall–Kier alpha value is -3.03. The molecule has 1 aliphatic carbocycles. The van der Waals surface area contributed by atoms with Crippen molar-refractivity contribution < 1.29 is 19.1 Å². The summed E-state index contributed by atoms with van der Waals surface area (Å²) in [6.45, 7) is 1.57. The second kappa shape index (κ2) is 7.30. The minimum absolute atomic E-state index is 0.0923. The van der Waals surface area contributed by atoms with Gasteiger partial charge >= 0.3 is 5.97 Å². The monoisotopic (exact) mass is 373 g/mol. The number of nitrogens with one attached hydrogen (secondary N) is 1. The molecule has 0 bridgehead atoms. The molecule has 7 nitrogen and oxygen atoms in total. The van der Waals surface area contributed by atoms with Gasteiger partial charge < -0.3 is 10.4 Å². The number of nitrogens with zero attached hydrogens (tertiary/aromatic N) is 2. The Morgan fingerprint density at radius 3 is 2.52 bits per heavy atom. The summed E-state index contributed by atoms with van der Waals surface area (Å²) in [6.07, 6.45) is 2.83. The van der Waals surface area contributed by atoms with Crippen LogP contribution in [-0.2, 0) is 4.79 Å². The number of carboxylic acid groups (broad SMARTS) is 1. The number of carboxylic acids is 1. The molecule has 1 aliphatic rings. The van der Waals surface area contributed by atoms with Crippen LogP contribution in [0.4, 0.5) is 4.39 Å². The molecule has 1 aromatic carbocycles. The second-order valence-corrected chi connectivity index (χ2v) is 6.76. The molecule has 2 aromatic rings. The Kier molecular flexibility index (Phi) is 5.07. The van der Waals surface area contributed by atoms with Gasteiger partial charge in [0.1, 0.15) is 17.0 Å². The van der Waals surface area contributed by atoms with Gasteiger partial charge in [0.2, 0.25) is 5.43 Å². The Morgan fingerprint density at radius 2 is 1.89 bits per heavy atom. The summed E-state index contributed by atoms with van der Waals surface area (Å²) in [7, 11) is 0. The highest BCUT2D eigenvalue weighted by Gasteiger charge is 2.41. The number of carbonyl (C=O) groups excluding carboxylic acids is 1. The quantitative estimate of drug-likeness (QED) is 0.856. The Bertz CT molecular complexity index is 948. The Labute approximate surface area is 154 Å². The molecule has 1 amide bonds. The van der Waals surface area contributed by atoms with Crippen molar-refractivity contribution in [3.05, 3.63) is 57.8 Å². The predicted octanol–water partition coefficient (Wildman–Crippen LogP) is 2.20. The molecule has 27 heavy (non-hydrogen) atoms. The molecule has 0 radical (unpaired) electrons. The summed E-state index contributed by atoms with van der Waals surface area (Å²) >= 11 is 0. The van der Waals surface area contributed by atoms with E-state index in [1.807, 2.05) is 0 Å². The minimum atomic E-state index is -1.41. The van der Waals surface area contributed by atoms with Crippen molar-refractivity contribution in [2.24, 2.45) is 0 Å². The molecule has 0 atom stereocenters. The molecule has 0 spiro atoms. The van der Waals surface area contributed by atoms with E-state index in [1.54, 1.807) is 13.0 Å². The van der Waals surface area contributed by atoms with Crippen molar-refractivity contribution in [1.29, 1.82) is 0 Å². The van der Waals surface area contributed by atoms with Gasteiger partial charge in [0, 0.05) is 11.8 Å². The van der Waals surface area contributed by atoms with E-state index in [2.05, 4.69) is 10.4 Å². The summed E-state index contributed by atoms with van der Waals surface area (Å²) in [4.78, 5) is 36.7. The molecule has 1 fully saturated rings. The van der Waals surface area contributed by atoms with Crippen LogP contribution in [0.25, 0.3) is 5.69 Å². The van der Waals surface area contributed by atoms with E-state index in [0.717, 1.165) is 6.42 Å². The molecule has 1 saturated carbocycles. The fourth-order valence-corrected chi connectivity index (χ4v) is 3.40. The molecule has 0 aliphatic heterocycles. The van der Waals surface area contributed by atoms with Crippen molar-refractivity contribution in [3.63, 3.8) is 0 Å². The molecule has 142 valence electrons. The maximum Gasteiger partial charge on any atom is 0.329 e. The minimum Gasteiger partial charge on any atom is -0.480 e. The lowest BCUT2D eigenvalue weighted by Gasteiger charge is -2.33.